The molecule has 0 aliphatic carbocycles. The molecule has 0 aromatic carbocycles. The molecule has 82 valence electrons. The smallest absolute Gasteiger partial charge is 0.153 e. The SMILES string of the molecule is C=CC(=Nc1c(C)cnn1CC)C(C)C. The van der Waals surface area contributed by atoms with E-state index in [-0.39, 0.29) is 0 Å². The largest absolute Gasteiger partial charge is 0.248 e. The van der Waals surface area contributed by atoms with E-state index in [1.807, 2.05) is 23.9 Å². The molecule has 0 spiro atoms. The van der Waals surface area contributed by atoms with Crippen LogP contribution in [0.1, 0.15) is 26.3 Å². The Morgan fingerprint density at radius 2 is 2.33 bits per heavy atom. The van der Waals surface area contributed by atoms with Crippen molar-refractivity contribution in [1.29, 1.82) is 0 Å². The number of hydrogen-bond acceptors (Lipinski definition) is 2. The summed E-state index contributed by atoms with van der Waals surface area (Å²) in [5.41, 5.74) is 2.12. The van der Waals surface area contributed by atoms with Gasteiger partial charge in [0.05, 0.1) is 6.20 Å². The Kier molecular flexibility index (Phi) is 3.83. The topological polar surface area (TPSA) is 30.2 Å². The van der Waals surface area contributed by atoms with Crippen molar-refractivity contribution >= 4 is 11.5 Å². The molecule has 0 saturated carbocycles. The number of aryl methyl sites for hydroxylation is 2. The van der Waals surface area contributed by atoms with Gasteiger partial charge in [-0.2, -0.15) is 5.10 Å². The lowest BCUT2D eigenvalue weighted by Gasteiger charge is -2.06. The van der Waals surface area contributed by atoms with Gasteiger partial charge in [-0.25, -0.2) is 9.67 Å². The van der Waals surface area contributed by atoms with E-state index in [1.54, 1.807) is 0 Å². The lowest BCUT2D eigenvalue weighted by atomic mass is 10.1. The normalized spacial score (nSPS) is 12.2. The minimum absolute atomic E-state index is 0.391. The van der Waals surface area contributed by atoms with Crippen LogP contribution in [0.3, 0.4) is 0 Å². The van der Waals surface area contributed by atoms with Crippen molar-refractivity contribution in [2.75, 3.05) is 0 Å². The predicted molar refractivity (Wildman–Crippen MR) is 64.8 cm³/mol. The molecule has 0 aliphatic heterocycles. The zero-order valence-corrected chi connectivity index (χ0v) is 9.99. The number of aromatic nitrogens is 2. The molecule has 0 aliphatic rings. The lowest BCUT2D eigenvalue weighted by Crippen LogP contribution is -2.04. The minimum Gasteiger partial charge on any atom is -0.248 e. The van der Waals surface area contributed by atoms with E-state index >= 15 is 0 Å². The molecule has 3 heteroatoms. The number of aliphatic imine (C=N–C) groups is 1. The second-order valence-electron chi connectivity index (χ2n) is 3.86. The van der Waals surface area contributed by atoms with Crippen molar-refractivity contribution in [2.24, 2.45) is 10.9 Å². The predicted octanol–water partition coefficient (Wildman–Crippen LogP) is 3.13. The van der Waals surface area contributed by atoms with Gasteiger partial charge in [-0.15, -0.1) is 0 Å². The van der Waals surface area contributed by atoms with Crippen LogP contribution in [0.2, 0.25) is 0 Å². The van der Waals surface area contributed by atoms with Crippen molar-refractivity contribution in [3.63, 3.8) is 0 Å². The molecular weight excluding hydrogens is 186 g/mol. The second kappa shape index (κ2) is 4.91. The van der Waals surface area contributed by atoms with Crippen LogP contribution in [0.5, 0.6) is 0 Å². The summed E-state index contributed by atoms with van der Waals surface area (Å²) in [5.74, 6) is 1.34. The van der Waals surface area contributed by atoms with Gasteiger partial charge in [-0.05, 0) is 25.8 Å². The first-order valence-corrected chi connectivity index (χ1v) is 5.33. The van der Waals surface area contributed by atoms with Crippen LogP contribution in [-0.4, -0.2) is 15.5 Å². The first-order chi connectivity index (χ1) is 7.10. The fraction of sp³-hybridized carbons (Fsp3) is 0.500. The van der Waals surface area contributed by atoms with Crippen LogP contribution in [0, 0.1) is 12.8 Å². The second-order valence-corrected chi connectivity index (χ2v) is 3.86. The quantitative estimate of drug-likeness (QED) is 0.694. The highest BCUT2D eigenvalue weighted by molar-refractivity contribution is 5.97. The van der Waals surface area contributed by atoms with Crippen LogP contribution in [0.25, 0.3) is 0 Å². The maximum absolute atomic E-state index is 4.61. The van der Waals surface area contributed by atoms with Gasteiger partial charge >= 0.3 is 0 Å². The molecule has 0 amide bonds. The number of hydrogen-bond donors (Lipinski definition) is 0. The van der Waals surface area contributed by atoms with E-state index in [0.29, 0.717) is 5.92 Å². The van der Waals surface area contributed by atoms with Gasteiger partial charge in [0, 0.05) is 17.8 Å². The fourth-order valence-corrected chi connectivity index (χ4v) is 1.38. The highest BCUT2D eigenvalue weighted by Crippen LogP contribution is 2.19. The van der Waals surface area contributed by atoms with Crippen molar-refractivity contribution in [3.8, 4) is 0 Å². The summed E-state index contributed by atoms with van der Waals surface area (Å²) in [6.07, 6.45) is 3.67. The molecular formula is C12H19N3. The number of allylic oxidation sites excluding steroid dienone is 1. The minimum atomic E-state index is 0.391. The van der Waals surface area contributed by atoms with Crippen LogP contribution < -0.4 is 0 Å². The van der Waals surface area contributed by atoms with Crippen molar-refractivity contribution in [2.45, 2.75) is 34.2 Å². The van der Waals surface area contributed by atoms with Gasteiger partial charge in [0.1, 0.15) is 0 Å². The molecule has 0 saturated heterocycles. The fourth-order valence-electron chi connectivity index (χ4n) is 1.38. The molecule has 1 rings (SSSR count). The van der Waals surface area contributed by atoms with Gasteiger partial charge in [-0.1, -0.05) is 20.4 Å². The van der Waals surface area contributed by atoms with Crippen molar-refractivity contribution < 1.29 is 0 Å². The Balaban J connectivity index is 3.15. The first-order valence-electron chi connectivity index (χ1n) is 5.33. The zero-order valence-electron chi connectivity index (χ0n) is 9.99. The molecule has 1 aromatic rings. The average molecular weight is 205 g/mol. The molecule has 0 bridgehead atoms. The third kappa shape index (κ3) is 2.55. The van der Waals surface area contributed by atoms with Crippen LogP contribution in [0.4, 0.5) is 5.82 Å². The van der Waals surface area contributed by atoms with Gasteiger partial charge in [0.2, 0.25) is 0 Å². The Hall–Kier alpha value is -1.38. The number of rotatable bonds is 4. The molecule has 15 heavy (non-hydrogen) atoms. The molecule has 3 nitrogen and oxygen atoms in total. The Morgan fingerprint density at radius 1 is 1.67 bits per heavy atom. The molecule has 0 unspecified atom stereocenters. The van der Waals surface area contributed by atoms with Crippen molar-refractivity contribution in [3.05, 3.63) is 24.4 Å². The van der Waals surface area contributed by atoms with Crippen LogP contribution in [0.15, 0.2) is 23.8 Å². The van der Waals surface area contributed by atoms with Gasteiger partial charge in [-0.3, -0.25) is 0 Å². The number of nitrogens with zero attached hydrogens (tertiary/aromatic N) is 3. The molecule has 1 heterocycles. The highest BCUT2D eigenvalue weighted by Gasteiger charge is 2.07. The Morgan fingerprint density at radius 3 is 2.80 bits per heavy atom. The third-order valence-corrected chi connectivity index (χ3v) is 2.32. The summed E-state index contributed by atoms with van der Waals surface area (Å²) < 4.78 is 1.90. The van der Waals surface area contributed by atoms with Gasteiger partial charge < -0.3 is 0 Å². The standard InChI is InChI=1S/C12H19N3/c1-6-11(9(3)4)14-12-10(5)8-13-15(12)7-2/h6,8-9H,1,7H2,2-5H3. The van der Waals surface area contributed by atoms with Gasteiger partial charge in [0.15, 0.2) is 5.82 Å². The monoisotopic (exact) mass is 205 g/mol. The zero-order chi connectivity index (χ0) is 11.4. The van der Waals surface area contributed by atoms with Crippen LogP contribution in [-0.2, 0) is 6.54 Å². The van der Waals surface area contributed by atoms with E-state index in [0.717, 1.165) is 23.6 Å². The molecule has 0 N–H and O–H groups in total. The maximum Gasteiger partial charge on any atom is 0.153 e. The van der Waals surface area contributed by atoms with E-state index in [2.05, 4.69) is 37.4 Å². The highest BCUT2D eigenvalue weighted by atomic mass is 15.3. The average Bonchev–Trinajstić information content (AvgIpc) is 2.55. The van der Waals surface area contributed by atoms with Crippen molar-refractivity contribution in [1.82, 2.24) is 9.78 Å². The third-order valence-electron chi connectivity index (χ3n) is 2.32. The summed E-state index contributed by atoms with van der Waals surface area (Å²) in [7, 11) is 0. The first kappa shape index (κ1) is 11.7. The van der Waals surface area contributed by atoms with Gasteiger partial charge in [0.25, 0.3) is 0 Å². The summed E-state index contributed by atoms with van der Waals surface area (Å²) in [6.45, 7) is 12.9. The van der Waals surface area contributed by atoms with Crippen LogP contribution >= 0.6 is 0 Å². The Bertz CT molecular complexity index is 372. The molecule has 0 atom stereocenters. The summed E-state index contributed by atoms with van der Waals surface area (Å²) in [5, 5.41) is 4.26. The van der Waals surface area contributed by atoms with E-state index in [4.69, 9.17) is 0 Å². The Labute approximate surface area is 91.5 Å². The molecule has 0 radical (unpaired) electrons. The lowest BCUT2D eigenvalue weighted by molar-refractivity contribution is 0.663. The summed E-state index contributed by atoms with van der Waals surface area (Å²) in [4.78, 5) is 4.61. The van der Waals surface area contributed by atoms with E-state index in [1.165, 1.54) is 0 Å². The maximum atomic E-state index is 4.61. The van der Waals surface area contributed by atoms with E-state index in [9.17, 15) is 0 Å². The summed E-state index contributed by atoms with van der Waals surface area (Å²) in [6, 6.07) is 0. The van der Waals surface area contributed by atoms with E-state index < -0.39 is 0 Å². The molecule has 0 fully saturated rings. The molecule has 1 aromatic heterocycles. The summed E-state index contributed by atoms with van der Waals surface area (Å²) >= 11 is 0.